The van der Waals surface area contributed by atoms with Crippen molar-refractivity contribution in [2.24, 2.45) is 0 Å². The summed E-state index contributed by atoms with van der Waals surface area (Å²) in [7, 11) is 0. The van der Waals surface area contributed by atoms with E-state index in [0.29, 0.717) is 23.4 Å². The highest BCUT2D eigenvalue weighted by Gasteiger charge is 2.14. The maximum atomic E-state index is 12.4. The van der Waals surface area contributed by atoms with Crippen LogP contribution in [0.3, 0.4) is 0 Å². The van der Waals surface area contributed by atoms with Gasteiger partial charge in [0.15, 0.2) is 0 Å². The molecule has 0 saturated heterocycles. The first-order chi connectivity index (χ1) is 13.1. The van der Waals surface area contributed by atoms with E-state index >= 15 is 0 Å². The van der Waals surface area contributed by atoms with Crippen molar-refractivity contribution in [2.75, 3.05) is 0 Å². The normalized spacial score (nSPS) is 10.6. The molecule has 3 nitrogen and oxygen atoms in total. The van der Waals surface area contributed by atoms with E-state index in [9.17, 15) is 4.79 Å². The molecule has 27 heavy (non-hydrogen) atoms. The highest BCUT2D eigenvalue weighted by molar-refractivity contribution is 6.02. The zero-order valence-electron chi connectivity index (χ0n) is 16.6. The standard InChI is InChI=1S/C24H31NO2/c1-3-4-5-6-7-8-12-15-22(25)21-18-19(2)16-17-23(21)27-24(26)20-13-10-9-11-14-20/h9-11,13-14,16-18,25H,3-8,12,15H2,1-2H3. The van der Waals surface area contributed by atoms with Crippen molar-refractivity contribution in [3.05, 3.63) is 65.2 Å². The molecule has 2 aromatic carbocycles. The van der Waals surface area contributed by atoms with E-state index in [2.05, 4.69) is 6.92 Å². The molecular weight excluding hydrogens is 334 g/mol. The van der Waals surface area contributed by atoms with Crippen molar-refractivity contribution in [3.8, 4) is 5.75 Å². The van der Waals surface area contributed by atoms with Gasteiger partial charge in [0.25, 0.3) is 0 Å². The fourth-order valence-electron chi connectivity index (χ4n) is 3.10. The molecule has 0 unspecified atom stereocenters. The first kappa shape index (κ1) is 20.9. The van der Waals surface area contributed by atoms with Crippen LogP contribution in [-0.2, 0) is 0 Å². The Morgan fingerprint density at radius 3 is 2.30 bits per heavy atom. The van der Waals surface area contributed by atoms with Gasteiger partial charge in [-0.15, -0.1) is 0 Å². The lowest BCUT2D eigenvalue weighted by molar-refractivity contribution is 0.0734. The molecule has 0 aliphatic rings. The predicted octanol–water partition coefficient (Wildman–Crippen LogP) is 6.72. The van der Waals surface area contributed by atoms with E-state index in [-0.39, 0.29) is 5.97 Å². The van der Waals surface area contributed by atoms with Crippen LogP contribution in [-0.4, -0.2) is 11.7 Å². The Morgan fingerprint density at radius 1 is 0.926 bits per heavy atom. The number of esters is 1. The van der Waals surface area contributed by atoms with Crippen molar-refractivity contribution in [1.82, 2.24) is 0 Å². The van der Waals surface area contributed by atoms with Crippen molar-refractivity contribution in [1.29, 1.82) is 5.41 Å². The summed E-state index contributed by atoms with van der Waals surface area (Å²) in [6.07, 6.45) is 9.28. The van der Waals surface area contributed by atoms with Crippen LogP contribution in [0.4, 0.5) is 0 Å². The summed E-state index contributed by atoms with van der Waals surface area (Å²) in [4.78, 5) is 12.4. The number of ether oxygens (including phenoxy) is 1. The summed E-state index contributed by atoms with van der Waals surface area (Å²) in [5.41, 5.74) is 2.85. The van der Waals surface area contributed by atoms with Gasteiger partial charge in [-0.3, -0.25) is 0 Å². The van der Waals surface area contributed by atoms with E-state index in [1.807, 2.05) is 37.3 Å². The summed E-state index contributed by atoms with van der Waals surface area (Å²) < 4.78 is 5.60. The number of hydrogen-bond donors (Lipinski definition) is 1. The highest BCUT2D eigenvalue weighted by atomic mass is 16.5. The Bertz CT molecular complexity index is 737. The number of carbonyl (C=O) groups is 1. The largest absolute Gasteiger partial charge is 0.422 e. The minimum absolute atomic E-state index is 0.385. The van der Waals surface area contributed by atoms with E-state index < -0.39 is 0 Å². The SMILES string of the molecule is CCCCCCCCCC(=N)c1cc(C)ccc1OC(=O)c1ccccc1. The van der Waals surface area contributed by atoms with Crippen LogP contribution in [0.15, 0.2) is 48.5 Å². The molecule has 0 fully saturated rings. The molecule has 0 heterocycles. The monoisotopic (exact) mass is 365 g/mol. The van der Waals surface area contributed by atoms with Crippen LogP contribution >= 0.6 is 0 Å². The second-order valence-corrected chi connectivity index (χ2v) is 7.11. The average Bonchev–Trinajstić information content (AvgIpc) is 2.69. The van der Waals surface area contributed by atoms with Gasteiger partial charge in [-0.25, -0.2) is 4.79 Å². The van der Waals surface area contributed by atoms with Crippen molar-refractivity contribution >= 4 is 11.7 Å². The van der Waals surface area contributed by atoms with Gasteiger partial charge in [-0.2, -0.15) is 0 Å². The Hall–Kier alpha value is -2.42. The molecule has 0 spiro atoms. The fraction of sp³-hybridized carbons (Fsp3) is 0.417. The van der Waals surface area contributed by atoms with E-state index in [1.165, 1.54) is 32.1 Å². The molecule has 0 aliphatic carbocycles. The van der Waals surface area contributed by atoms with Crippen LogP contribution in [0, 0.1) is 12.3 Å². The minimum atomic E-state index is -0.385. The predicted molar refractivity (Wildman–Crippen MR) is 112 cm³/mol. The third-order valence-corrected chi connectivity index (χ3v) is 4.70. The van der Waals surface area contributed by atoms with Gasteiger partial charge >= 0.3 is 5.97 Å². The van der Waals surface area contributed by atoms with Crippen molar-refractivity contribution in [2.45, 2.75) is 65.2 Å². The number of aryl methyl sites for hydroxylation is 1. The van der Waals surface area contributed by atoms with Gasteiger partial charge in [0.05, 0.1) is 5.56 Å². The molecule has 2 aromatic rings. The second kappa shape index (κ2) is 11.3. The fourth-order valence-corrected chi connectivity index (χ4v) is 3.10. The first-order valence-corrected chi connectivity index (χ1v) is 10.1. The van der Waals surface area contributed by atoms with Gasteiger partial charge in [0, 0.05) is 11.3 Å². The van der Waals surface area contributed by atoms with E-state index in [1.54, 1.807) is 18.2 Å². The van der Waals surface area contributed by atoms with Gasteiger partial charge < -0.3 is 10.1 Å². The van der Waals surface area contributed by atoms with Crippen LogP contribution in [0.5, 0.6) is 5.75 Å². The van der Waals surface area contributed by atoms with Gasteiger partial charge in [0.2, 0.25) is 0 Å². The summed E-state index contributed by atoms with van der Waals surface area (Å²) in [6, 6.07) is 14.6. The van der Waals surface area contributed by atoms with Crippen LogP contribution in [0.1, 0.15) is 79.8 Å². The maximum Gasteiger partial charge on any atom is 0.343 e. The topological polar surface area (TPSA) is 50.1 Å². The number of hydrogen-bond acceptors (Lipinski definition) is 3. The van der Waals surface area contributed by atoms with Crippen LogP contribution in [0.25, 0.3) is 0 Å². The Labute approximate surface area is 163 Å². The molecular formula is C24H31NO2. The first-order valence-electron chi connectivity index (χ1n) is 10.1. The quantitative estimate of drug-likeness (QED) is 0.208. The van der Waals surface area contributed by atoms with Crippen LogP contribution < -0.4 is 4.74 Å². The Kier molecular flexibility index (Phi) is 8.76. The molecule has 0 atom stereocenters. The molecule has 0 aliphatic heterocycles. The molecule has 0 saturated carbocycles. The maximum absolute atomic E-state index is 12.4. The second-order valence-electron chi connectivity index (χ2n) is 7.11. The smallest absolute Gasteiger partial charge is 0.343 e. The molecule has 1 N–H and O–H groups in total. The molecule has 0 radical (unpaired) electrons. The third-order valence-electron chi connectivity index (χ3n) is 4.70. The van der Waals surface area contributed by atoms with Crippen LogP contribution in [0.2, 0.25) is 0 Å². The number of carbonyl (C=O) groups excluding carboxylic acids is 1. The Morgan fingerprint density at radius 2 is 1.59 bits per heavy atom. The number of benzene rings is 2. The lowest BCUT2D eigenvalue weighted by atomic mass is 10.00. The number of nitrogens with one attached hydrogen (secondary N) is 1. The third kappa shape index (κ3) is 7.01. The van der Waals surface area contributed by atoms with Crippen molar-refractivity contribution in [3.63, 3.8) is 0 Å². The molecule has 2 rings (SSSR count). The average molecular weight is 366 g/mol. The summed E-state index contributed by atoms with van der Waals surface area (Å²) in [6.45, 7) is 4.22. The molecule has 3 heteroatoms. The minimum Gasteiger partial charge on any atom is -0.422 e. The highest BCUT2D eigenvalue weighted by Crippen LogP contribution is 2.24. The summed E-state index contributed by atoms with van der Waals surface area (Å²) >= 11 is 0. The number of unbranched alkanes of at least 4 members (excludes halogenated alkanes) is 6. The molecule has 0 aromatic heterocycles. The van der Waals surface area contributed by atoms with Gasteiger partial charge in [0.1, 0.15) is 5.75 Å². The lowest BCUT2D eigenvalue weighted by Gasteiger charge is -2.12. The molecule has 0 bridgehead atoms. The molecule has 0 amide bonds. The zero-order chi connectivity index (χ0) is 19.5. The molecule has 144 valence electrons. The number of rotatable bonds is 11. The summed E-state index contributed by atoms with van der Waals surface area (Å²) in [5.74, 6) is 0.0897. The lowest BCUT2D eigenvalue weighted by Crippen LogP contribution is -2.12. The van der Waals surface area contributed by atoms with Crippen molar-refractivity contribution < 1.29 is 9.53 Å². The summed E-state index contributed by atoms with van der Waals surface area (Å²) in [5, 5.41) is 8.47. The van der Waals surface area contributed by atoms with Gasteiger partial charge in [-0.05, 0) is 44.0 Å². The zero-order valence-corrected chi connectivity index (χ0v) is 16.6. The van der Waals surface area contributed by atoms with E-state index in [4.69, 9.17) is 10.1 Å². The van der Waals surface area contributed by atoms with Gasteiger partial charge in [-0.1, -0.05) is 75.3 Å². The van der Waals surface area contributed by atoms with E-state index in [0.717, 1.165) is 24.0 Å². The Balaban J connectivity index is 1.94.